The van der Waals surface area contributed by atoms with Crippen LogP contribution in [0.5, 0.6) is 5.75 Å². The zero-order valence-electron chi connectivity index (χ0n) is 23.9. The van der Waals surface area contributed by atoms with Gasteiger partial charge in [0.25, 0.3) is 5.56 Å². The van der Waals surface area contributed by atoms with Crippen molar-refractivity contribution in [1.82, 2.24) is 9.13 Å². The van der Waals surface area contributed by atoms with Crippen molar-refractivity contribution in [3.05, 3.63) is 113 Å². The predicted octanol–water partition coefficient (Wildman–Crippen LogP) is 5.65. The third-order valence-corrected chi connectivity index (χ3v) is 8.17. The van der Waals surface area contributed by atoms with Gasteiger partial charge in [0, 0.05) is 27.7 Å². The van der Waals surface area contributed by atoms with Gasteiger partial charge in [0.2, 0.25) is 0 Å². The molecule has 41 heavy (non-hydrogen) atoms. The van der Waals surface area contributed by atoms with Crippen molar-refractivity contribution in [2.45, 2.75) is 53.7 Å². The number of fused-ring (bicyclic) bond motifs is 1. The fourth-order valence-electron chi connectivity index (χ4n) is 5.22. The van der Waals surface area contributed by atoms with Gasteiger partial charge in [0.15, 0.2) is 4.80 Å². The molecule has 0 amide bonds. The van der Waals surface area contributed by atoms with Crippen molar-refractivity contribution < 1.29 is 14.3 Å². The molecular weight excluding hydrogens is 558 g/mol. The summed E-state index contributed by atoms with van der Waals surface area (Å²) in [7, 11) is 0. The summed E-state index contributed by atoms with van der Waals surface area (Å²) in [5.74, 6) is 0.101. The highest BCUT2D eigenvalue weighted by molar-refractivity contribution is 7.07. The summed E-state index contributed by atoms with van der Waals surface area (Å²) in [5, 5.41) is 0.671. The van der Waals surface area contributed by atoms with Crippen LogP contribution in [0.25, 0.3) is 11.8 Å². The fourth-order valence-corrected chi connectivity index (χ4v) is 6.38. The number of hydrogen-bond acceptors (Lipinski definition) is 6. The van der Waals surface area contributed by atoms with Crippen LogP contribution < -0.4 is 19.6 Å². The molecule has 0 spiro atoms. The number of carbonyl (C=O) groups excluding carboxylic acids is 1. The molecule has 0 radical (unpaired) electrons. The molecule has 212 valence electrons. The number of carbonyl (C=O) groups is 1. The number of aromatic nitrogens is 2. The van der Waals surface area contributed by atoms with Gasteiger partial charge in [-0.05, 0) is 89.6 Å². The highest BCUT2D eigenvalue weighted by Gasteiger charge is 2.35. The van der Waals surface area contributed by atoms with Gasteiger partial charge in [-0.1, -0.05) is 41.1 Å². The molecule has 0 fully saturated rings. The van der Waals surface area contributed by atoms with E-state index in [0.717, 1.165) is 22.6 Å². The van der Waals surface area contributed by atoms with Crippen molar-refractivity contribution >= 4 is 35.0 Å². The summed E-state index contributed by atoms with van der Waals surface area (Å²) < 4.78 is 15.8. The monoisotopic (exact) mass is 589 g/mol. The maximum atomic E-state index is 14.1. The Kier molecular flexibility index (Phi) is 8.07. The number of rotatable bonds is 7. The quantitative estimate of drug-likeness (QED) is 0.261. The van der Waals surface area contributed by atoms with Crippen LogP contribution in [0.15, 0.2) is 75.7 Å². The van der Waals surface area contributed by atoms with E-state index < -0.39 is 12.0 Å². The van der Waals surface area contributed by atoms with E-state index in [-0.39, 0.29) is 18.3 Å². The van der Waals surface area contributed by atoms with Crippen LogP contribution in [0.4, 0.5) is 0 Å². The van der Waals surface area contributed by atoms with Crippen LogP contribution >= 0.6 is 22.9 Å². The molecule has 4 aromatic rings. The minimum absolute atomic E-state index is 0.0981. The minimum Gasteiger partial charge on any atom is -0.491 e. The Morgan fingerprint density at radius 3 is 2.51 bits per heavy atom. The second kappa shape index (κ2) is 11.5. The van der Waals surface area contributed by atoms with Gasteiger partial charge in [-0.2, -0.15) is 0 Å². The molecule has 0 aliphatic carbocycles. The number of ether oxygens (including phenoxy) is 2. The average molecular weight is 590 g/mol. The Morgan fingerprint density at radius 2 is 1.83 bits per heavy atom. The molecule has 1 aliphatic heterocycles. The molecule has 0 bridgehead atoms. The lowest BCUT2D eigenvalue weighted by atomic mass is 9.95. The molecule has 3 heterocycles. The van der Waals surface area contributed by atoms with Crippen molar-refractivity contribution in [3.8, 4) is 11.4 Å². The summed E-state index contributed by atoms with van der Waals surface area (Å²) in [6.07, 6.45) is 1.80. The number of nitrogens with zero attached hydrogens (tertiary/aromatic N) is 3. The van der Waals surface area contributed by atoms with Crippen LogP contribution in [0.3, 0.4) is 0 Å². The lowest BCUT2D eigenvalue weighted by Crippen LogP contribution is -2.40. The SMILES string of the molecule is CCOC(=O)C1=C(C)N=c2s/c(=C\c3cc(C)n(-c4ccc(Cl)cc4)c3C)c(=O)n2[C@@H]1c1ccccc1OC(C)C. The molecule has 0 saturated carbocycles. The van der Waals surface area contributed by atoms with E-state index in [9.17, 15) is 9.59 Å². The highest BCUT2D eigenvalue weighted by atomic mass is 35.5. The Balaban J connectivity index is 1.71. The fraction of sp³-hybridized carbons (Fsp3) is 0.281. The van der Waals surface area contributed by atoms with Crippen molar-refractivity contribution in [3.63, 3.8) is 0 Å². The van der Waals surface area contributed by atoms with E-state index in [0.29, 0.717) is 36.9 Å². The first kappa shape index (κ1) is 28.6. The molecule has 1 aliphatic rings. The maximum absolute atomic E-state index is 14.1. The first-order valence-electron chi connectivity index (χ1n) is 13.5. The van der Waals surface area contributed by atoms with Gasteiger partial charge in [-0.3, -0.25) is 9.36 Å². The molecule has 9 heteroatoms. The van der Waals surface area contributed by atoms with Crippen LogP contribution in [-0.4, -0.2) is 27.8 Å². The summed E-state index contributed by atoms with van der Waals surface area (Å²) in [4.78, 5) is 32.6. The van der Waals surface area contributed by atoms with Crippen LogP contribution in [-0.2, 0) is 9.53 Å². The van der Waals surface area contributed by atoms with Crippen molar-refractivity contribution in [2.24, 2.45) is 4.99 Å². The molecule has 0 unspecified atom stereocenters. The van der Waals surface area contributed by atoms with Crippen LogP contribution in [0, 0.1) is 13.8 Å². The summed E-state index contributed by atoms with van der Waals surface area (Å²) >= 11 is 7.41. The van der Waals surface area contributed by atoms with E-state index in [2.05, 4.69) is 10.6 Å². The first-order chi connectivity index (χ1) is 19.6. The Morgan fingerprint density at radius 1 is 1.12 bits per heavy atom. The smallest absolute Gasteiger partial charge is 0.338 e. The van der Waals surface area contributed by atoms with Gasteiger partial charge >= 0.3 is 5.97 Å². The number of allylic oxidation sites excluding steroid dienone is 1. The largest absolute Gasteiger partial charge is 0.491 e. The summed E-state index contributed by atoms with van der Waals surface area (Å²) in [6.45, 7) is 11.7. The number of benzene rings is 2. The van der Waals surface area contributed by atoms with Gasteiger partial charge < -0.3 is 14.0 Å². The summed E-state index contributed by atoms with van der Waals surface area (Å²) in [5.41, 5.74) is 5.24. The zero-order chi connectivity index (χ0) is 29.4. The standard InChI is InChI=1S/C32H32ClN3O4S/c1-7-39-31(38)28-20(5)34-32-36(29(28)25-10-8-9-11-26(25)40-18(2)3)30(37)27(41-32)17-22-16-19(4)35(21(22)6)24-14-12-23(33)13-15-24/h8-18,29H,7H2,1-6H3/b27-17-/t29-/m1/s1. The van der Waals surface area contributed by atoms with Gasteiger partial charge in [0.1, 0.15) is 11.8 Å². The molecule has 5 rings (SSSR count). The predicted molar refractivity (Wildman–Crippen MR) is 163 cm³/mol. The number of para-hydroxylation sites is 1. The average Bonchev–Trinajstić information content (AvgIpc) is 3.38. The molecule has 7 nitrogen and oxygen atoms in total. The van der Waals surface area contributed by atoms with E-state index in [1.54, 1.807) is 18.4 Å². The number of thiazole rings is 1. The molecule has 2 aromatic heterocycles. The first-order valence-corrected chi connectivity index (χ1v) is 14.7. The lowest BCUT2D eigenvalue weighted by molar-refractivity contribution is -0.139. The number of aryl methyl sites for hydroxylation is 1. The van der Waals surface area contributed by atoms with Gasteiger partial charge in [-0.15, -0.1) is 0 Å². The maximum Gasteiger partial charge on any atom is 0.338 e. The van der Waals surface area contributed by atoms with E-state index >= 15 is 0 Å². The topological polar surface area (TPSA) is 74.8 Å². The van der Waals surface area contributed by atoms with E-state index in [1.165, 1.54) is 11.3 Å². The molecular formula is C32H32ClN3O4S. The van der Waals surface area contributed by atoms with Crippen LogP contribution in [0.2, 0.25) is 5.02 Å². The zero-order valence-corrected chi connectivity index (χ0v) is 25.5. The molecule has 1 atom stereocenters. The number of hydrogen-bond donors (Lipinski definition) is 0. The lowest BCUT2D eigenvalue weighted by Gasteiger charge is -2.26. The highest BCUT2D eigenvalue weighted by Crippen LogP contribution is 2.36. The molecule has 0 N–H and O–H groups in total. The van der Waals surface area contributed by atoms with Gasteiger partial charge in [0.05, 0.1) is 28.5 Å². The Hall–Kier alpha value is -3.88. The molecule has 2 aromatic carbocycles. The second-order valence-corrected chi connectivity index (χ2v) is 11.6. The van der Waals surface area contributed by atoms with Crippen LogP contribution in [0.1, 0.15) is 56.3 Å². The van der Waals surface area contributed by atoms with Crippen molar-refractivity contribution in [1.29, 1.82) is 0 Å². The number of halogens is 1. The second-order valence-electron chi connectivity index (χ2n) is 10.1. The van der Waals surface area contributed by atoms with E-state index in [1.807, 2.05) is 82.3 Å². The third-order valence-electron chi connectivity index (χ3n) is 6.94. The normalized spacial score (nSPS) is 15.2. The van der Waals surface area contributed by atoms with Crippen molar-refractivity contribution in [2.75, 3.05) is 6.61 Å². The Labute approximate surface area is 247 Å². The summed E-state index contributed by atoms with van der Waals surface area (Å²) in [6, 6.07) is 16.5. The third kappa shape index (κ3) is 5.42. The van der Waals surface area contributed by atoms with Gasteiger partial charge in [-0.25, -0.2) is 9.79 Å². The number of esters is 1. The minimum atomic E-state index is -0.746. The Bertz CT molecular complexity index is 1840. The molecule has 0 saturated heterocycles. The van der Waals surface area contributed by atoms with E-state index in [4.69, 9.17) is 26.1 Å².